The molecule has 0 saturated carbocycles. The van der Waals surface area contributed by atoms with Crippen LogP contribution in [0.2, 0.25) is 0 Å². The van der Waals surface area contributed by atoms with Crippen molar-refractivity contribution >= 4 is 16.1 Å². The van der Waals surface area contributed by atoms with Gasteiger partial charge >= 0.3 is 5.97 Å². The molecular weight excluding hydrogens is 246 g/mol. The van der Waals surface area contributed by atoms with E-state index in [2.05, 4.69) is 5.32 Å². The van der Waals surface area contributed by atoms with Crippen molar-refractivity contribution in [3.05, 3.63) is 11.6 Å². The first-order valence-electron chi connectivity index (χ1n) is 5.43. The molecule has 2 aliphatic rings. The van der Waals surface area contributed by atoms with Crippen LogP contribution in [0, 0.1) is 0 Å². The van der Waals surface area contributed by atoms with Crippen LogP contribution in [0.3, 0.4) is 0 Å². The standard InChI is InChI=1S/C10H15NO5S/c1-3-15-9(12)7-4-5-8-10(6-7,11-8)16-17(2,13)14/h6,8,11H,3-5H2,1-2H3. The van der Waals surface area contributed by atoms with Crippen LogP contribution in [0.5, 0.6) is 0 Å². The van der Waals surface area contributed by atoms with E-state index >= 15 is 0 Å². The lowest BCUT2D eigenvalue weighted by Gasteiger charge is -2.17. The highest BCUT2D eigenvalue weighted by Gasteiger charge is 2.58. The lowest BCUT2D eigenvalue weighted by Crippen LogP contribution is -2.27. The molecule has 1 fully saturated rings. The van der Waals surface area contributed by atoms with E-state index in [0.29, 0.717) is 25.0 Å². The van der Waals surface area contributed by atoms with Crippen molar-refractivity contribution in [2.75, 3.05) is 12.9 Å². The number of hydrogen-bond donors (Lipinski definition) is 1. The molecule has 1 heterocycles. The fourth-order valence-corrected chi connectivity index (χ4v) is 2.75. The monoisotopic (exact) mass is 261 g/mol. The Kier molecular flexibility index (Phi) is 3.01. The fraction of sp³-hybridized carbons (Fsp3) is 0.700. The highest BCUT2D eigenvalue weighted by atomic mass is 32.2. The topological polar surface area (TPSA) is 91.6 Å². The number of hydrogen-bond acceptors (Lipinski definition) is 6. The highest BCUT2D eigenvalue weighted by molar-refractivity contribution is 7.86. The minimum atomic E-state index is -3.56. The third-order valence-corrected chi connectivity index (χ3v) is 3.33. The molecule has 0 spiro atoms. The summed E-state index contributed by atoms with van der Waals surface area (Å²) >= 11 is 0. The van der Waals surface area contributed by atoms with Crippen molar-refractivity contribution in [2.24, 2.45) is 0 Å². The number of carbonyl (C=O) groups is 1. The van der Waals surface area contributed by atoms with Gasteiger partial charge in [0.1, 0.15) is 0 Å². The Balaban J connectivity index is 2.16. The number of fused-ring (bicyclic) bond motifs is 1. The summed E-state index contributed by atoms with van der Waals surface area (Å²) in [6, 6.07) is -0.0320. The Hall–Kier alpha value is -0.920. The average Bonchev–Trinajstić information content (AvgIpc) is 2.87. The van der Waals surface area contributed by atoms with E-state index in [1.165, 1.54) is 6.08 Å². The Bertz CT molecular complexity index is 469. The van der Waals surface area contributed by atoms with Gasteiger partial charge in [-0.25, -0.2) is 8.98 Å². The van der Waals surface area contributed by atoms with Crippen LogP contribution in [-0.2, 0) is 23.8 Å². The second-order valence-electron chi connectivity index (χ2n) is 4.21. The molecular formula is C10H15NO5S. The van der Waals surface area contributed by atoms with E-state index in [1.54, 1.807) is 6.92 Å². The van der Waals surface area contributed by atoms with Crippen molar-refractivity contribution in [3.63, 3.8) is 0 Å². The van der Waals surface area contributed by atoms with Crippen LogP contribution < -0.4 is 5.32 Å². The maximum atomic E-state index is 11.5. The molecule has 17 heavy (non-hydrogen) atoms. The summed E-state index contributed by atoms with van der Waals surface area (Å²) in [5.41, 5.74) is -0.551. The van der Waals surface area contributed by atoms with Gasteiger partial charge in [-0.05, 0) is 25.8 Å². The van der Waals surface area contributed by atoms with Crippen LogP contribution in [0.1, 0.15) is 19.8 Å². The molecule has 7 heteroatoms. The number of ether oxygens (including phenoxy) is 1. The molecule has 96 valence electrons. The van der Waals surface area contributed by atoms with Gasteiger partial charge in [0.2, 0.25) is 0 Å². The van der Waals surface area contributed by atoms with E-state index < -0.39 is 21.8 Å². The van der Waals surface area contributed by atoms with Gasteiger partial charge in [0.25, 0.3) is 10.1 Å². The molecule has 0 aromatic rings. The molecule has 1 N–H and O–H groups in total. The molecule has 2 unspecified atom stereocenters. The third kappa shape index (κ3) is 2.67. The molecule has 0 aromatic heterocycles. The van der Waals surface area contributed by atoms with Crippen molar-refractivity contribution < 1.29 is 22.1 Å². The first kappa shape index (κ1) is 12.5. The zero-order valence-electron chi connectivity index (χ0n) is 9.73. The van der Waals surface area contributed by atoms with E-state index in [-0.39, 0.29) is 6.04 Å². The SMILES string of the molecule is CCOC(=O)C1=CC2(OS(C)(=O)=O)NC2CC1. The van der Waals surface area contributed by atoms with Crippen molar-refractivity contribution in [1.82, 2.24) is 5.32 Å². The van der Waals surface area contributed by atoms with Gasteiger partial charge in [0, 0.05) is 5.57 Å². The molecule has 1 aliphatic carbocycles. The van der Waals surface area contributed by atoms with E-state index in [4.69, 9.17) is 8.92 Å². The normalized spacial score (nSPS) is 31.4. The van der Waals surface area contributed by atoms with Gasteiger partial charge in [0.05, 0.1) is 18.9 Å². The van der Waals surface area contributed by atoms with Crippen LogP contribution in [0.4, 0.5) is 0 Å². The lowest BCUT2D eigenvalue weighted by atomic mass is 9.98. The predicted octanol–water partition coefficient (Wildman–Crippen LogP) is -0.0860. The largest absolute Gasteiger partial charge is 0.463 e. The maximum absolute atomic E-state index is 11.5. The molecule has 6 nitrogen and oxygen atoms in total. The molecule has 0 bridgehead atoms. The average molecular weight is 261 g/mol. The molecule has 2 atom stereocenters. The highest BCUT2D eigenvalue weighted by Crippen LogP contribution is 2.40. The zero-order chi connectivity index (χ0) is 12.7. The Morgan fingerprint density at radius 3 is 2.94 bits per heavy atom. The summed E-state index contributed by atoms with van der Waals surface area (Å²) < 4.78 is 32.1. The van der Waals surface area contributed by atoms with E-state index in [1.807, 2.05) is 0 Å². The Morgan fingerprint density at radius 2 is 2.35 bits per heavy atom. The Labute approximate surface area is 100 Å². The predicted molar refractivity (Wildman–Crippen MR) is 59.5 cm³/mol. The van der Waals surface area contributed by atoms with Crippen LogP contribution in [0.15, 0.2) is 11.6 Å². The summed E-state index contributed by atoms with van der Waals surface area (Å²) in [5, 5.41) is 2.94. The summed E-state index contributed by atoms with van der Waals surface area (Å²) in [4.78, 5) is 11.5. The summed E-state index contributed by atoms with van der Waals surface area (Å²) in [6.07, 6.45) is 3.76. The van der Waals surface area contributed by atoms with Gasteiger partial charge in [-0.2, -0.15) is 8.42 Å². The minimum absolute atomic E-state index is 0.0320. The van der Waals surface area contributed by atoms with Crippen LogP contribution in [0.25, 0.3) is 0 Å². The van der Waals surface area contributed by atoms with E-state index in [0.717, 1.165) is 6.26 Å². The van der Waals surface area contributed by atoms with Crippen LogP contribution >= 0.6 is 0 Å². The summed E-state index contributed by atoms with van der Waals surface area (Å²) in [7, 11) is -3.56. The quantitative estimate of drug-likeness (QED) is 0.432. The minimum Gasteiger partial charge on any atom is -0.463 e. The molecule has 1 aliphatic heterocycles. The van der Waals surface area contributed by atoms with Gasteiger partial charge in [0.15, 0.2) is 5.72 Å². The lowest BCUT2D eigenvalue weighted by molar-refractivity contribution is -0.138. The van der Waals surface area contributed by atoms with E-state index in [9.17, 15) is 13.2 Å². The second kappa shape index (κ2) is 4.08. The molecule has 0 radical (unpaired) electrons. The second-order valence-corrected chi connectivity index (χ2v) is 5.78. The smallest absolute Gasteiger partial charge is 0.333 e. The van der Waals surface area contributed by atoms with Gasteiger partial charge in [-0.15, -0.1) is 0 Å². The molecule has 2 rings (SSSR count). The van der Waals surface area contributed by atoms with Crippen molar-refractivity contribution in [1.29, 1.82) is 0 Å². The van der Waals surface area contributed by atoms with Crippen LogP contribution in [-0.4, -0.2) is 39.0 Å². The fourth-order valence-electron chi connectivity index (χ4n) is 2.03. The summed E-state index contributed by atoms with van der Waals surface area (Å²) in [6.45, 7) is 2.02. The Morgan fingerprint density at radius 1 is 1.65 bits per heavy atom. The molecule has 1 saturated heterocycles. The number of nitrogens with one attached hydrogen (secondary N) is 1. The van der Waals surface area contributed by atoms with Crippen molar-refractivity contribution in [3.8, 4) is 0 Å². The number of esters is 1. The number of rotatable bonds is 4. The van der Waals surface area contributed by atoms with Crippen molar-refractivity contribution in [2.45, 2.75) is 31.5 Å². The first-order chi connectivity index (χ1) is 7.86. The van der Waals surface area contributed by atoms with Gasteiger partial charge < -0.3 is 4.74 Å². The van der Waals surface area contributed by atoms with Gasteiger partial charge in [-0.3, -0.25) is 5.32 Å². The first-order valence-corrected chi connectivity index (χ1v) is 7.25. The third-order valence-electron chi connectivity index (χ3n) is 2.75. The molecule has 0 aromatic carbocycles. The van der Waals surface area contributed by atoms with Gasteiger partial charge in [-0.1, -0.05) is 0 Å². The number of carbonyl (C=O) groups excluding carboxylic acids is 1. The molecule has 0 amide bonds. The maximum Gasteiger partial charge on any atom is 0.333 e. The summed E-state index contributed by atoms with van der Waals surface area (Å²) in [5.74, 6) is -0.406. The zero-order valence-corrected chi connectivity index (χ0v) is 10.5.